The van der Waals surface area contributed by atoms with Crippen molar-refractivity contribution < 1.29 is 23.2 Å². The van der Waals surface area contributed by atoms with Crippen LogP contribution >= 0.6 is 15.9 Å². The zero-order valence-electron chi connectivity index (χ0n) is 10.3. The molecular formula is C11H11BrF3N3O2. The lowest BCUT2D eigenvalue weighted by molar-refractivity contribution is -0.137. The number of likely N-dealkylation sites (N-methyl/N-ethyl adjacent to an activating group) is 1. The SMILES string of the molecule is CN(C/C(N)=N/O)C(=O)c1cc(C(F)(F)F)ccc1Br. The maximum atomic E-state index is 12.6. The van der Waals surface area contributed by atoms with Crippen molar-refractivity contribution in [2.75, 3.05) is 13.6 Å². The Morgan fingerprint density at radius 3 is 2.60 bits per heavy atom. The molecule has 0 fully saturated rings. The first kappa shape index (κ1) is 16.3. The van der Waals surface area contributed by atoms with Crippen molar-refractivity contribution in [3.05, 3.63) is 33.8 Å². The van der Waals surface area contributed by atoms with Gasteiger partial charge in [0.1, 0.15) is 0 Å². The lowest BCUT2D eigenvalue weighted by atomic mass is 10.1. The second kappa shape index (κ2) is 6.12. The Kier molecular flexibility index (Phi) is 4.98. The summed E-state index contributed by atoms with van der Waals surface area (Å²) in [4.78, 5) is 13.1. The molecule has 0 aliphatic carbocycles. The number of hydrogen-bond donors (Lipinski definition) is 2. The van der Waals surface area contributed by atoms with Gasteiger partial charge in [0.2, 0.25) is 0 Å². The number of rotatable bonds is 3. The topological polar surface area (TPSA) is 78.9 Å². The minimum Gasteiger partial charge on any atom is -0.409 e. The number of carbonyl (C=O) groups is 1. The number of nitrogens with zero attached hydrogens (tertiary/aromatic N) is 2. The van der Waals surface area contributed by atoms with Crippen molar-refractivity contribution in [3.63, 3.8) is 0 Å². The summed E-state index contributed by atoms with van der Waals surface area (Å²) in [5, 5.41) is 11.1. The minimum atomic E-state index is -4.54. The van der Waals surface area contributed by atoms with Crippen LogP contribution in [0.5, 0.6) is 0 Å². The van der Waals surface area contributed by atoms with Crippen LogP contribution in [0.3, 0.4) is 0 Å². The van der Waals surface area contributed by atoms with Crippen molar-refractivity contribution in [1.82, 2.24) is 4.90 Å². The number of amidine groups is 1. The Balaban J connectivity index is 3.09. The fraction of sp³-hybridized carbons (Fsp3) is 0.273. The molecule has 0 atom stereocenters. The molecule has 110 valence electrons. The highest BCUT2D eigenvalue weighted by molar-refractivity contribution is 9.10. The van der Waals surface area contributed by atoms with E-state index in [1.54, 1.807) is 0 Å². The molecule has 1 aromatic rings. The van der Waals surface area contributed by atoms with Crippen LogP contribution in [0.1, 0.15) is 15.9 Å². The van der Waals surface area contributed by atoms with Crippen molar-refractivity contribution in [2.45, 2.75) is 6.18 Å². The summed E-state index contributed by atoms with van der Waals surface area (Å²) >= 11 is 3.02. The third-order valence-corrected chi connectivity index (χ3v) is 3.09. The van der Waals surface area contributed by atoms with E-state index >= 15 is 0 Å². The Morgan fingerprint density at radius 2 is 2.10 bits per heavy atom. The summed E-state index contributed by atoms with van der Waals surface area (Å²) in [6, 6.07) is 2.76. The van der Waals surface area contributed by atoms with Gasteiger partial charge in [-0.15, -0.1) is 0 Å². The zero-order chi connectivity index (χ0) is 15.5. The lowest BCUT2D eigenvalue weighted by Crippen LogP contribution is -2.35. The van der Waals surface area contributed by atoms with Crippen LogP contribution < -0.4 is 5.73 Å². The largest absolute Gasteiger partial charge is 0.416 e. The highest BCUT2D eigenvalue weighted by Crippen LogP contribution is 2.32. The van der Waals surface area contributed by atoms with E-state index in [-0.39, 0.29) is 22.4 Å². The van der Waals surface area contributed by atoms with E-state index in [1.165, 1.54) is 7.05 Å². The second-order valence-corrected chi connectivity index (χ2v) is 4.80. The number of benzene rings is 1. The summed E-state index contributed by atoms with van der Waals surface area (Å²) in [7, 11) is 1.33. The predicted molar refractivity (Wildman–Crippen MR) is 69.5 cm³/mol. The standard InChI is InChI=1S/C11H11BrF3N3O2/c1-18(5-9(16)17-20)10(19)7-4-6(11(13,14)15)2-3-8(7)12/h2-4,20H,5H2,1H3,(H2,16,17). The molecule has 1 rings (SSSR count). The molecule has 0 radical (unpaired) electrons. The zero-order valence-corrected chi connectivity index (χ0v) is 11.9. The molecule has 0 spiro atoms. The monoisotopic (exact) mass is 353 g/mol. The van der Waals surface area contributed by atoms with Gasteiger partial charge < -0.3 is 15.8 Å². The minimum absolute atomic E-state index is 0.159. The van der Waals surface area contributed by atoms with Gasteiger partial charge in [0.05, 0.1) is 17.7 Å². The van der Waals surface area contributed by atoms with Crippen molar-refractivity contribution in [1.29, 1.82) is 0 Å². The average Bonchev–Trinajstić information content (AvgIpc) is 2.36. The molecule has 3 N–H and O–H groups in total. The van der Waals surface area contributed by atoms with E-state index in [2.05, 4.69) is 21.1 Å². The first-order valence-electron chi connectivity index (χ1n) is 5.25. The molecule has 0 heterocycles. The van der Waals surface area contributed by atoms with E-state index in [0.717, 1.165) is 23.1 Å². The normalized spacial score (nSPS) is 12.3. The summed E-state index contributed by atoms with van der Waals surface area (Å²) < 4.78 is 38.1. The molecule has 0 unspecified atom stereocenters. The van der Waals surface area contributed by atoms with Gasteiger partial charge in [0, 0.05) is 11.5 Å². The Hall–Kier alpha value is -1.77. The van der Waals surface area contributed by atoms with Gasteiger partial charge in [-0.25, -0.2) is 0 Å². The molecule has 9 heteroatoms. The molecule has 0 bridgehead atoms. The molecule has 0 aliphatic heterocycles. The summed E-state index contributed by atoms with van der Waals surface area (Å²) in [5.41, 5.74) is 4.15. The van der Waals surface area contributed by atoms with Gasteiger partial charge in [-0.1, -0.05) is 5.16 Å². The van der Waals surface area contributed by atoms with E-state index in [0.29, 0.717) is 0 Å². The molecule has 1 aromatic carbocycles. The third-order valence-electron chi connectivity index (χ3n) is 2.40. The van der Waals surface area contributed by atoms with Gasteiger partial charge in [-0.05, 0) is 34.1 Å². The molecule has 0 saturated heterocycles. The fourth-order valence-corrected chi connectivity index (χ4v) is 1.83. The third kappa shape index (κ3) is 3.86. The van der Waals surface area contributed by atoms with Crippen LogP contribution in [-0.2, 0) is 6.18 Å². The van der Waals surface area contributed by atoms with Gasteiger partial charge in [-0.2, -0.15) is 13.2 Å². The number of hydrogen-bond acceptors (Lipinski definition) is 3. The highest BCUT2D eigenvalue weighted by Gasteiger charge is 2.32. The van der Waals surface area contributed by atoms with Gasteiger partial charge in [0.25, 0.3) is 5.91 Å². The number of nitrogens with two attached hydrogens (primary N) is 1. The first-order valence-corrected chi connectivity index (χ1v) is 6.04. The van der Waals surface area contributed by atoms with Crippen LogP contribution in [0, 0.1) is 0 Å². The number of oxime groups is 1. The quantitative estimate of drug-likeness (QED) is 0.378. The molecule has 0 aromatic heterocycles. The van der Waals surface area contributed by atoms with Crippen molar-refractivity contribution >= 4 is 27.7 Å². The Bertz CT molecular complexity index is 546. The predicted octanol–water partition coefficient (Wildman–Crippen LogP) is 2.29. The van der Waals surface area contributed by atoms with E-state index < -0.39 is 17.6 Å². The Labute approximate surface area is 121 Å². The number of halogens is 4. The second-order valence-electron chi connectivity index (χ2n) is 3.94. The van der Waals surface area contributed by atoms with E-state index in [1.807, 2.05) is 0 Å². The number of alkyl halides is 3. The number of amides is 1. The van der Waals surface area contributed by atoms with Crippen molar-refractivity contribution in [3.8, 4) is 0 Å². The Morgan fingerprint density at radius 1 is 1.50 bits per heavy atom. The van der Waals surface area contributed by atoms with Gasteiger partial charge >= 0.3 is 6.18 Å². The van der Waals surface area contributed by atoms with Crippen LogP contribution in [0.2, 0.25) is 0 Å². The van der Waals surface area contributed by atoms with Crippen molar-refractivity contribution in [2.24, 2.45) is 10.9 Å². The van der Waals surface area contributed by atoms with Crippen LogP contribution in [-0.4, -0.2) is 35.4 Å². The maximum absolute atomic E-state index is 12.6. The summed E-state index contributed by atoms with van der Waals surface area (Å²) in [6.45, 7) is -0.210. The molecule has 20 heavy (non-hydrogen) atoms. The molecule has 1 amide bonds. The maximum Gasteiger partial charge on any atom is 0.416 e. The highest BCUT2D eigenvalue weighted by atomic mass is 79.9. The lowest BCUT2D eigenvalue weighted by Gasteiger charge is -2.18. The molecule has 0 aliphatic rings. The fourth-order valence-electron chi connectivity index (χ4n) is 1.42. The van der Waals surface area contributed by atoms with E-state index in [4.69, 9.17) is 10.9 Å². The molecule has 5 nitrogen and oxygen atoms in total. The van der Waals surface area contributed by atoms with Gasteiger partial charge in [-0.3, -0.25) is 4.79 Å². The van der Waals surface area contributed by atoms with Crippen LogP contribution in [0.4, 0.5) is 13.2 Å². The van der Waals surface area contributed by atoms with Crippen LogP contribution in [0.25, 0.3) is 0 Å². The molecular weight excluding hydrogens is 343 g/mol. The molecule has 0 saturated carbocycles. The average molecular weight is 354 g/mol. The van der Waals surface area contributed by atoms with Gasteiger partial charge in [0.15, 0.2) is 5.84 Å². The van der Waals surface area contributed by atoms with E-state index in [9.17, 15) is 18.0 Å². The van der Waals surface area contributed by atoms with Crippen LogP contribution in [0.15, 0.2) is 27.8 Å². The summed E-state index contributed by atoms with van der Waals surface area (Å²) in [6.07, 6.45) is -4.54. The number of carbonyl (C=O) groups excluding carboxylic acids is 1. The smallest absolute Gasteiger partial charge is 0.409 e. The first-order chi connectivity index (χ1) is 9.16. The summed E-state index contributed by atoms with van der Waals surface area (Å²) in [5.74, 6) is -0.918.